The number of hydrazine groups is 1. The third-order valence-electron chi connectivity index (χ3n) is 5.11. The van der Waals surface area contributed by atoms with Crippen LogP contribution < -0.4 is 26.9 Å². The zero-order valence-electron chi connectivity index (χ0n) is 17.7. The number of anilines is 1. The molecule has 4 rings (SSSR count). The predicted octanol–water partition coefficient (Wildman–Crippen LogP) is -3.58. The second kappa shape index (κ2) is 9.72. The summed E-state index contributed by atoms with van der Waals surface area (Å²) in [5, 5.41) is 31.2. The first-order chi connectivity index (χ1) is 16.6. The number of carboxylic acids is 1. The highest BCUT2D eigenvalue weighted by Gasteiger charge is 2.53. The lowest BCUT2D eigenvalue weighted by atomic mass is 10.0. The van der Waals surface area contributed by atoms with E-state index in [1.807, 2.05) is 0 Å². The van der Waals surface area contributed by atoms with E-state index in [4.69, 9.17) is 5.73 Å². The summed E-state index contributed by atoms with van der Waals surface area (Å²) in [4.78, 5) is 65.2. The minimum atomic E-state index is -1.56. The van der Waals surface area contributed by atoms with Crippen molar-refractivity contribution in [2.45, 2.75) is 16.9 Å². The molecule has 1 unspecified atom stereocenters. The number of carbonyl (C=O) groups excluding carboxylic acids is 5. The number of aliphatic carboxylic acids is 1. The van der Waals surface area contributed by atoms with Gasteiger partial charge in [0.2, 0.25) is 0 Å². The molecule has 35 heavy (non-hydrogen) atoms. The summed E-state index contributed by atoms with van der Waals surface area (Å²) in [6.07, 6.45) is 0. The number of carboxylic acid groups (broad SMARTS) is 1. The van der Waals surface area contributed by atoms with Crippen molar-refractivity contribution in [3.8, 4) is 0 Å². The third kappa shape index (κ3) is 4.64. The van der Waals surface area contributed by atoms with E-state index < -0.39 is 52.2 Å². The molecular formula is C17H17N8O7S3-. The van der Waals surface area contributed by atoms with E-state index >= 15 is 0 Å². The van der Waals surface area contributed by atoms with Crippen LogP contribution in [0.3, 0.4) is 0 Å². The van der Waals surface area contributed by atoms with Gasteiger partial charge in [0.25, 0.3) is 11.8 Å². The summed E-state index contributed by atoms with van der Waals surface area (Å²) in [6, 6.07) is -1.07. The van der Waals surface area contributed by atoms with E-state index in [1.54, 1.807) is 0 Å². The quantitative estimate of drug-likeness (QED) is 0.0743. The minimum absolute atomic E-state index is 0.0259. The van der Waals surface area contributed by atoms with Gasteiger partial charge in [-0.2, -0.15) is 5.01 Å². The molecule has 3 aliphatic heterocycles. The van der Waals surface area contributed by atoms with Crippen LogP contribution in [0.2, 0.25) is 0 Å². The molecular weight excluding hydrogens is 524 g/mol. The van der Waals surface area contributed by atoms with Crippen LogP contribution in [0.1, 0.15) is 5.69 Å². The Morgan fingerprint density at radius 1 is 1.40 bits per heavy atom. The van der Waals surface area contributed by atoms with E-state index in [9.17, 15) is 34.3 Å². The van der Waals surface area contributed by atoms with Gasteiger partial charge in [-0.25, -0.2) is 4.98 Å². The van der Waals surface area contributed by atoms with Crippen LogP contribution in [0.15, 0.2) is 21.8 Å². The van der Waals surface area contributed by atoms with Crippen LogP contribution in [-0.2, 0) is 24.0 Å². The standard InChI is InChI=1S/C17H18N8O7S3/c1-24-17(21-11(27)12(28)22-24)35-3-5-2-33-14-8(13(29)25(14)9(5)15(30)31)20-10(26)7(23-32)6-4-34-16(18)19-6/h4,8,14,17,32H,2-3H2,1H3,(H2,18,19)(H,20,26)(H,21,27)(H,22,28)(H,30,31)/p-1/b23-7+/t8-,14-,17?/m0/s1. The number of β-lactam (4-membered cyclic amide) rings is 1. The van der Waals surface area contributed by atoms with Gasteiger partial charge in [-0.1, -0.05) is 5.16 Å². The Kier molecular flexibility index (Phi) is 6.88. The molecule has 3 atom stereocenters. The molecule has 0 radical (unpaired) electrons. The van der Waals surface area contributed by atoms with Crippen LogP contribution in [0.25, 0.3) is 0 Å². The van der Waals surface area contributed by atoms with E-state index in [1.165, 1.54) is 29.2 Å². The minimum Gasteiger partial charge on any atom is -0.543 e. The molecule has 186 valence electrons. The SMILES string of the molecule is CN1NC(=O)C(=O)NC1SCC1=C(C(=O)[O-])N2C(=O)[C@H](NC(=O)/C(=N/O)c3csc(N)n3)[C@@H]2SC1. The summed E-state index contributed by atoms with van der Waals surface area (Å²) >= 11 is 3.39. The molecule has 15 nitrogen and oxygen atoms in total. The molecule has 4 heterocycles. The Morgan fingerprint density at radius 3 is 2.77 bits per heavy atom. The number of amides is 4. The number of thioether (sulfide) groups is 2. The van der Waals surface area contributed by atoms with Crippen LogP contribution in [0.5, 0.6) is 0 Å². The smallest absolute Gasteiger partial charge is 0.323 e. The number of thiazole rings is 1. The van der Waals surface area contributed by atoms with Crippen molar-refractivity contribution in [1.29, 1.82) is 0 Å². The number of nitrogens with two attached hydrogens (primary N) is 1. The van der Waals surface area contributed by atoms with Gasteiger partial charge in [0.05, 0.1) is 11.7 Å². The molecule has 0 bridgehead atoms. The fourth-order valence-electron chi connectivity index (χ4n) is 3.48. The van der Waals surface area contributed by atoms with E-state index in [-0.39, 0.29) is 28.0 Å². The highest BCUT2D eigenvalue weighted by molar-refractivity contribution is 8.01. The Balaban J connectivity index is 1.45. The fraction of sp³-hybridized carbons (Fsp3) is 0.353. The van der Waals surface area contributed by atoms with Crippen molar-refractivity contribution < 1.29 is 34.3 Å². The van der Waals surface area contributed by atoms with Gasteiger partial charge in [-0.3, -0.25) is 29.5 Å². The first-order valence-corrected chi connectivity index (χ1v) is 12.7. The molecule has 2 fully saturated rings. The first-order valence-electron chi connectivity index (χ1n) is 9.70. The second-order valence-corrected chi connectivity index (χ2v) is 10.4. The average Bonchev–Trinajstić information content (AvgIpc) is 3.24. The lowest BCUT2D eigenvalue weighted by molar-refractivity contribution is -0.301. The van der Waals surface area contributed by atoms with Crippen LogP contribution in [0.4, 0.5) is 5.13 Å². The number of rotatable bonds is 7. The largest absolute Gasteiger partial charge is 0.543 e. The summed E-state index contributed by atoms with van der Waals surface area (Å²) in [5.74, 6) is -4.44. The normalized spacial score (nSPS) is 24.9. The molecule has 0 aromatic carbocycles. The number of aromatic nitrogens is 1. The molecule has 0 saturated carbocycles. The van der Waals surface area contributed by atoms with Gasteiger partial charge in [-0.05, 0) is 5.57 Å². The van der Waals surface area contributed by atoms with E-state index in [2.05, 4.69) is 26.2 Å². The topological polar surface area (TPSA) is 222 Å². The number of carbonyl (C=O) groups is 5. The van der Waals surface area contributed by atoms with E-state index in [0.717, 1.165) is 28.0 Å². The number of nitrogen functional groups attached to an aromatic ring is 1. The van der Waals surface area contributed by atoms with Crippen molar-refractivity contribution >= 4 is 75.3 Å². The molecule has 0 spiro atoms. The van der Waals surface area contributed by atoms with Crippen molar-refractivity contribution in [3.05, 3.63) is 22.3 Å². The number of hydrogen-bond donors (Lipinski definition) is 5. The van der Waals surface area contributed by atoms with Crippen LogP contribution in [0, 0.1) is 0 Å². The van der Waals surface area contributed by atoms with Gasteiger partial charge >= 0.3 is 11.8 Å². The predicted molar refractivity (Wildman–Crippen MR) is 122 cm³/mol. The van der Waals surface area contributed by atoms with Gasteiger partial charge in [0.15, 0.2) is 10.8 Å². The van der Waals surface area contributed by atoms with Gasteiger partial charge in [0, 0.05) is 23.9 Å². The monoisotopic (exact) mass is 541 g/mol. The van der Waals surface area contributed by atoms with Crippen molar-refractivity contribution in [1.82, 2.24) is 31.0 Å². The molecule has 4 amide bonds. The van der Waals surface area contributed by atoms with Crippen molar-refractivity contribution in [2.24, 2.45) is 5.16 Å². The van der Waals surface area contributed by atoms with Gasteiger partial charge < -0.3 is 31.5 Å². The number of oxime groups is 1. The van der Waals surface area contributed by atoms with Crippen molar-refractivity contribution in [3.63, 3.8) is 0 Å². The number of nitrogens with one attached hydrogen (secondary N) is 3. The summed E-state index contributed by atoms with van der Waals surface area (Å²) in [5.41, 5.74) is 6.88. The zero-order chi connectivity index (χ0) is 25.4. The highest BCUT2D eigenvalue weighted by atomic mass is 32.2. The molecule has 0 aliphatic carbocycles. The molecule has 1 aromatic heterocycles. The Bertz CT molecular complexity index is 1180. The maximum absolute atomic E-state index is 12.8. The molecule has 6 N–H and O–H groups in total. The molecule has 18 heteroatoms. The maximum Gasteiger partial charge on any atom is 0.323 e. The zero-order valence-corrected chi connectivity index (χ0v) is 20.2. The fourth-order valence-corrected chi connectivity index (χ4v) is 6.57. The molecule has 2 saturated heterocycles. The van der Waals surface area contributed by atoms with Crippen molar-refractivity contribution in [2.75, 3.05) is 24.3 Å². The number of fused-ring (bicyclic) bond motifs is 1. The summed E-state index contributed by atoms with van der Waals surface area (Å²) in [6.45, 7) is 0. The second-order valence-electron chi connectivity index (χ2n) is 7.31. The Labute approximate surface area is 209 Å². The van der Waals surface area contributed by atoms with Crippen LogP contribution >= 0.6 is 34.9 Å². The lowest BCUT2D eigenvalue weighted by Gasteiger charge is -2.51. The Morgan fingerprint density at radius 2 is 2.14 bits per heavy atom. The Hall–Kier alpha value is -3.35. The van der Waals surface area contributed by atoms with Gasteiger partial charge in [0.1, 0.15) is 22.6 Å². The van der Waals surface area contributed by atoms with Gasteiger partial charge in [-0.15, -0.1) is 34.9 Å². The third-order valence-corrected chi connectivity index (χ3v) is 8.39. The number of nitrogens with zero attached hydrogens (tertiary/aromatic N) is 4. The summed E-state index contributed by atoms with van der Waals surface area (Å²) in [7, 11) is 1.53. The number of hydrogen-bond acceptors (Lipinski definition) is 14. The van der Waals surface area contributed by atoms with Crippen LogP contribution in [-0.4, -0.2) is 90.9 Å². The lowest BCUT2D eigenvalue weighted by Crippen LogP contribution is -2.71. The maximum atomic E-state index is 12.8. The van der Waals surface area contributed by atoms with E-state index in [0.29, 0.717) is 5.57 Å². The summed E-state index contributed by atoms with van der Waals surface area (Å²) < 4.78 is 0. The highest BCUT2D eigenvalue weighted by Crippen LogP contribution is 2.41. The average molecular weight is 542 g/mol. The molecule has 1 aromatic rings. The molecule has 3 aliphatic rings. The first kappa shape index (κ1) is 24.8.